The van der Waals surface area contributed by atoms with Crippen molar-refractivity contribution < 1.29 is 22.4 Å². The summed E-state index contributed by atoms with van der Waals surface area (Å²) in [4.78, 5) is 27.7. The van der Waals surface area contributed by atoms with Crippen molar-refractivity contribution in [3.63, 3.8) is 0 Å². The SMILES string of the molecule is CC[C@H](C(=O)NC(C)C)N(Cc1ccc(C)cc1)C(=O)CN(c1ccccc1F)S(C)(=O)=O. The lowest BCUT2D eigenvalue weighted by Crippen LogP contribution is -2.53. The van der Waals surface area contributed by atoms with Crippen molar-refractivity contribution in [2.24, 2.45) is 0 Å². The van der Waals surface area contributed by atoms with E-state index in [9.17, 15) is 22.4 Å². The van der Waals surface area contributed by atoms with Crippen LogP contribution in [0.4, 0.5) is 10.1 Å². The molecule has 180 valence electrons. The topological polar surface area (TPSA) is 86.8 Å². The number of aryl methyl sites for hydroxylation is 1. The highest BCUT2D eigenvalue weighted by molar-refractivity contribution is 7.92. The molecule has 2 amide bonds. The minimum atomic E-state index is -3.97. The first-order valence-electron chi connectivity index (χ1n) is 10.8. The molecule has 0 bridgehead atoms. The molecule has 33 heavy (non-hydrogen) atoms. The molecule has 2 aromatic rings. The third-order valence-electron chi connectivity index (χ3n) is 5.09. The van der Waals surface area contributed by atoms with E-state index in [-0.39, 0.29) is 24.2 Å². The van der Waals surface area contributed by atoms with Gasteiger partial charge >= 0.3 is 0 Å². The first kappa shape index (κ1) is 26.3. The molecule has 0 aromatic heterocycles. The van der Waals surface area contributed by atoms with Crippen LogP contribution < -0.4 is 9.62 Å². The molecule has 0 saturated heterocycles. The van der Waals surface area contributed by atoms with Crippen LogP contribution in [0.25, 0.3) is 0 Å². The molecule has 7 nitrogen and oxygen atoms in total. The monoisotopic (exact) mass is 477 g/mol. The van der Waals surface area contributed by atoms with Crippen LogP contribution in [-0.4, -0.2) is 50.0 Å². The van der Waals surface area contributed by atoms with Crippen LogP contribution in [-0.2, 0) is 26.2 Å². The third-order valence-corrected chi connectivity index (χ3v) is 6.22. The van der Waals surface area contributed by atoms with E-state index >= 15 is 0 Å². The van der Waals surface area contributed by atoms with Gasteiger partial charge in [-0.3, -0.25) is 13.9 Å². The van der Waals surface area contributed by atoms with Crippen LogP contribution in [0.15, 0.2) is 48.5 Å². The molecule has 0 heterocycles. The maximum Gasteiger partial charge on any atom is 0.244 e. The van der Waals surface area contributed by atoms with Crippen molar-refractivity contribution in [3.8, 4) is 0 Å². The van der Waals surface area contributed by atoms with E-state index in [1.54, 1.807) is 6.92 Å². The van der Waals surface area contributed by atoms with Gasteiger partial charge in [-0.1, -0.05) is 48.9 Å². The van der Waals surface area contributed by atoms with E-state index in [0.717, 1.165) is 27.8 Å². The molecule has 9 heteroatoms. The van der Waals surface area contributed by atoms with E-state index in [0.29, 0.717) is 6.42 Å². The van der Waals surface area contributed by atoms with E-state index in [1.165, 1.54) is 23.1 Å². The molecular weight excluding hydrogens is 445 g/mol. The summed E-state index contributed by atoms with van der Waals surface area (Å²) in [5.74, 6) is -1.69. The van der Waals surface area contributed by atoms with Crippen molar-refractivity contribution in [1.29, 1.82) is 0 Å². The van der Waals surface area contributed by atoms with Gasteiger partial charge in [-0.25, -0.2) is 12.8 Å². The van der Waals surface area contributed by atoms with Crippen LogP contribution >= 0.6 is 0 Å². The number of halogens is 1. The quantitative estimate of drug-likeness (QED) is 0.569. The van der Waals surface area contributed by atoms with Crippen LogP contribution in [0.3, 0.4) is 0 Å². The van der Waals surface area contributed by atoms with Gasteiger partial charge in [-0.05, 0) is 44.9 Å². The smallest absolute Gasteiger partial charge is 0.244 e. The first-order chi connectivity index (χ1) is 15.4. The third kappa shape index (κ3) is 7.28. The van der Waals surface area contributed by atoms with Crippen molar-refractivity contribution in [2.75, 3.05) is 17.1 Å². The number of benzene rings is 2. The number of nitrogens with zero attached hydrogens (tertiary/aromatic N) is 2. The maximum absolute atomic E-state index is 14.4. The number of anilines is 1. The molecule has 1 N–H and O–H groups in total. The molecule has 0 spiro atoms. The number of amides is 2. The Morgan fingerprint density at radius 1 is 1.06 bits per heavy atom. The lowest BCUT2D eigenvalue weighted by atomic mass is 10.1. The zero-order chi connectivity index (χ0) is 24.8. The zero-order valence-corrected chi connectivity index (χ0v) is 20.5. The molecule has 0 aliphatic rings. The Hall–Kier alpha value is -2.94. The standard InChI is InChI=1S/C24H32FN3O4S/c1-6-21(24(30)26-17(2)3)27(15-19-13-11-18(4)12-14-19)23(29)16-28(33(5,31)32)22-10-8-7-9-20(22)25/h7-14,17,21H,6,15-16H2,1-5H3,(H,26,30)/t21-/m1/s1. The van der Waals surface area contributed by atoms with Crippen molar-refractivity contribution in [3.05, 3.63) is 65.5 Å². The number of hydrogen-bond acceptors (Lipinski definition) is 4. The van der Waals surface area contributed by atoms with Crippen molar-refractivity contribution in [1.82, 2.24) is 10.2 Å². The number of carbonyl (C=O) groups is 2. The Morgan fingerprint density at radius 2 is 1.67 bits per heavy atom. The molecule has 0 unspecified atom stereocenters. The molecule has 0 aliphatic heterocycles. The highest BCUT2D eigenvalue weighted by Crippen LogP contribution is 2.22. The van der Waals surface area contributed by atoms with Gasteiger partial charge in [0, 0.05) is 12.6 Å². The Labute approximate surface area is 195 Å². The highest BCUT2D eigenvalue weighted by Gasteiger charge is 2.32. The Balaban J connectivity index is 2.44. The average Bonchev–Trinajstić information content (AvgIpc) is 2.72. The number of sulfonamides is 1. The maximum atomic E-state index is 14.4. The van der Waals surface area contributed by atoms with Crippen LogP contribution in [0.5, 0.6) is 0 Å². The second-order valence-electron chi connectivity index (χ2n) is 8.32. The van der Waals surface area contributed by atoms with E-state index < -0.39 is 34.3 Å². The number of hydrogen-bond donors (Lipinski definition) is 1. The summed E-state index contributed by atoms with van der Waals surface area (Å²) in [5, 5.41) is 2.82. The average molecular weight is 478 g/mol. The summed E-state index contributed by atoms with van der Waals surface area (Å²) < 4.78 is 40.1. The predicted molar refractivity (Wildman–Crippen MR) is 128 cm³/mol. The normalized spacial score (nSPS) is 12.3. The van der Waals surface area contributed by atoms with E-state index in [2.05, 4.69) is 5.32 Å². The Kier molecular flexibility index (Phi) is 8.99. The molecule has 2 aromatic carbocycles. The minimum absolute atomic E-state index is 0.109. The fourth-order valence-corrected chi connectivity index (χ4v) is 4.29. The number of para-hydroxylation sites is 1. The summed E-state index contributed by atoms with van der Waals surface area (Å²) in [6.07, 6.45) is 1.24. The second-order valence-corrected chi connectivity index (χ2v) is 10.2. The van der Waals surface area contributed by atoms with Crippen LogP contribution in [0.1, 0.15) is 38.3 Å². The number of rotatable bonds is 10. The number of nitrogens with one attached hydrogen (secondary N) is 1. The first-order valence-corrected chi connectivity index (χ1v) is 12.7. The van der Waals surface area contributed by atoms with Gasteiger partial charge in [0.15, 0.2) is 0 Å². The summed E-state index contributed by atoms with van der Waals surface area (Å²) in [6.45, 7) is 6.84. The van der Waals surface area contributed by atoms with Crippen molar-refractivity contribution >= 4 is 27.5 Å². The predicted octanol–water partition coefficient (Wildman–Crippen LogP) is 3.23. The fourth-order valence-electron chi connectivity index (χ4n) is 3.44. The van der Waals surface area contributed by atoms with Gasteiger partial charge in [0.2, 0.25) is 21.8 Å². The molecule has 0 fully saturated rings. The Morgan fingerprint density at radius 3 is 2.18 bits per heavy atom. The minimum Gasteiger partial charge on any atom is -0.352 e. The van der Waals surface area contributed by atoms with Crippen molar-refractivity contribution in [2.45, 2.75) is 52.7 Å². The number of carbonyl (C=O) groups excluding carboxylic acids is 2. The van der Waals surface area contributed by atoms with E-state index in [4.69, 9.17) is 0 Å². The summed E-state index contributed by atoms with van der Waals surface area (Å²) >= 11 is 0. The fraction of sp³-hybridized carbons (Fsp3) is 0.417. The molecular formula is C24H32FN3O4S. The van der Waals surface area contributed by atoms with Gasteiger partial charge < -0.3 is 10.2 Å². The molecule has 0 radical (unpaired) electrons. The van der Waals surface area contributed by atoms with Crippen LogP contribution in [0, 0.1) is 12.7 Å². The lowest BCUT2D eigenvalue weighted by molar-refractivity contribution is -0.140. The van der Waals surface area contributed by atoms with Gasteiger partial charge in [0.1, 0.15) is 18.4 Å². The Bertz CT molecular complexity index is 1070. The van der Waals surface area contributed by atoms with E-state index in [1.807, 2.05) is 45.0 Å². The zero-order valence-electron chi connectivity index (χ0n) is 19.7. The van der Waals surface area contributed by atoms with Crippen LogP contribution in [0.2, 0.25) is 0 Å². The summed E-state index contributed by atoms with van der Waals surface area (Å²) in [7, 11) is -3.97. The lowest BCUT2D eigenvalue weighted by Gasteiger charge is -2.33. The van der Waals surface area contributed by atoms with Gasteiger partial charge in [-0.2, -0.15) is 0 Å². The van der Waals surface area contributed by atoms with Gasteiger partial charge in [-0.15, -0.1) is 0 Å². The molecule has 0 aliphatic carbocycles. The summed E-state index contributed by atoms with van der Waals surface area (Å²) in [6, 6.07) is 11.9. The second kappa shape index (κ2) is 11.3. The molecule has 2 rings (SSSR count). The molecule has 1 atom stereocenters. The molecule has 0 saturated carbocycles. The van der Waals surface area contributed by atoms with Gasteiger partial charge in [0.05, 0.1) is 11.9 Å². The largest absolute Gasteiger partial charge is 0.352 e. The highest BCUT2D eigenvalue weighted by atomic mass is 32.2. The summed E-state index contributed by atoms with van der Waals surface area (Å²) in [5.41, 5.74) is 1.62. The van der Waals surface area contributed by atoms with Gasteiger partial charge in [0.25, 0.3) is 0 Å².